The van der Waals surface area contributed by atoms with Crippen LogP contribution in [0.2, 0.25) is 0 Å². The molecule has 0 heterocycles. The normalized spacial score (nSPS) is 11.6. The van der Waals surface area contributed by atoms with Gasteiger partial charge < -0.3 is 19.3 Å². The Bertz CT molecular complexity index is 681. The van der Waals surface area contributed by atoms with E-state index in [0.29, 0.717) is 29.2 Å². The van der Waals surface area contributed by atoms with Crippen LogP contribution < -0.4 is 14.2 Å². The SMILES string of the molecule is COc1cccc(C[C@@H](C(=O)O)c2cccc(OC)c2OC)c1. The zero-order valence-corrected chi connectivity index (χ0v) is 13.4. The van der Waals surface area contributed by atoms with Crippen LogP contribution in [0.3, 0.4) is 0 Å². The summed E-state index contributed by atoms with van der Waals surface area (Å²) in [7, 11) is 4.62. The summed E-state index contributed by atoms with van der Waals surface area (Å²) in [5.41, 5.74) is 1.46. The predicted molar refractivity (Wildman–Crippen MR) is 86.6 cm³/mol. The van der Waals surface area contributed by atoms with Gasteiger partial charge in [0.2, 0.25) is 0 Å². The number of aliphatic carboxylic acids is 1. The first-order chi connectivity index (χ1) is 11.1. The highest BCUT2D eigenvalue weighted by molar-refractivity contribution is 5.78. The second-order valence-electron chi connectivity index (χ2n) is 5.03. The highest BCUT2D eigenvalue weighted by Crippen LogP contribution is 2.37. The van der Waals surface area contributed by atoms with Gasteiger partial charge in [-0.05, 0) is 30.2 Å². The van der Waals surface area contributed by atoms with Crippen molar-refractivity contribution in [2.24, 2.45) is 0 Å². The van der Waals surface area contributed by atoms with Crippen LogP contribution in [-0.2, 0) is 11.2 Å². The van der Waals surface area contributed by atoms with Crippen LogP contribution in [0.5, 0.6) is 17.2 Å². The van der Waals surface area contributed by atoms with Crippen LogP contribution in [0.4, 0.5) is 0 Å². The van der Waals surface area contributed by atoms with E-state index < -0.39 is 11.9 Å². The average Bonchev–Trinajstić information content (AvgIpc) is 2.58. The monoisotopic (exact) mass is 316 g/mol. The van der Waals surface area contributed by atoms with Gasteiger partial charge >= 0.3 is 5.97 Å². The van der Waals surface area contributed by atoms with Crippen molar-refractivity contribution in [3.8, 4) is 17.2 Å². The topological polar surface area (TPSA) is 65.0 Å². The van der Waals surface area contributed by atoms with E-state index in [1.54, 1.807) is 25.3 Å². The first kappa shape index (κ1) is 16.7. The Hall–Kier alpha value is -2.69. The van der Waals surface area contributed by atoms with Crippen molar-refractivity contribution >= 4 is 5.97 Å². The molecule has 0 unspecified atom stereocenters. The van der Waals surface area contributed by atoms with Crippen molar-refractivity contribution in [2.45, 2.75) is 12.3 Å². The van der Waals surface area contributed by atoms with Gasteiger partial charge in [0.05, 0.1) is 27.2 Å². The van der Waals surface area contributed by atoms with Crippen molar-refractivity contribution in [1.82, 2.24) is 0 Å². The molecule has 0 aliphatic rings. The molecule has 0 amide bonds. The average molecular weight is 316 g/mol. The molecule has 0 spiro atoms. The lowest BCUT2D eigenvalue weighted by Gasteiger charge is -2.18. The summed E-state index contributed by atoms with van der Waals surface area (Å²) in [4.78, 5) is 11.8. The van der Waals surface area contributed by atoms with Crippen LogP contribution in [0.15, 0.2) is 42.5 Å². The summed E-state index contributed by atoms with van der Waals surface area (Å²) in [6.45, 7) is 0. The van der Waals surface area contributed by atoms with E-state index in [2.05, 4.69) is 0 Å². The molecule has 1 N–H and O–H groups in total. The molecular weight excluding hydrogens is 296 g/mol. The lowest BCUT2D eigenvalue weighted by molar-refractivity contribution is -0.138. The van der Waals surface area contributed by atoms with E-state index in [1.165, 1.54) is 14.2 Å². The lowest BCUT2D eigenvalue weighted by Crippen LogP contribution is -2.16. The Kier molecular flexibility index (Phi) is 5.46. The first-order valence-corrected chi connectivity index (χ1v) is 7.17. The van der Waals surface area contributed by atoms with Crippen LogP contribution in [0.25, 0.3) is 0 Å². The summed E-state index contributed by atoms with van der Waals surface area (Å²) in [5, 5.41) is 9.67. The van der Waals surface area contributed by atoms with E-state index >= 15 is 0 Å². The molecule has 5 nitrogen and oxygen atoms in total. The fraction of sp³-hybridized carbons (Fsp3) is 0.278. The van der Waals surface area contributed by atoms with Gasteiger partial charge in [0.15, 0.2) is 11.5 Å². The molecule has 0 aromatic heterocycles. The number of rotatable bonds is 7. The number of carboxylic acid groups (broad SMARTS) is 1. The van der Waals surface area contributed by atoms with Gasteiger partial charge in [0.25, 0.3) is 0 Å². The fourth-order valence-corrected chi connectivity index (χ4v) is 2.55. The molecule has 0 aliphatic carbocycles. The molecule has 0 saturated carbocycles. The molecular formula is C18H20O5. The van der Waals surface area contributed by atoms with Crippen LogP contribution in [0, 0.1) is 0 Å². The molecule has 1 atom stereocenters. The number of carbonyl (C=O) groups is 1. The molecule has 5 heteroatoms. The Morgan fingerprint density at radius 1 is 1.04 bits per heavy atom. The largest absolute Gasteiger partial charge is 0.497 e. The molecule has 0 saturated heterocycles. The highest BCUT2D eigenvalue weighted by Gasteiger charge is 2.25. The van der Waals surface area contributed by atoms with E-state index in [9.17, 15) is 9.90 Å². The number of benzene rings is 2. The van der Waals surface area contributed by atoms with Crippen molar-refractivity contribution in [3.05, 3.63) is 53.6 Å². The van der Waals surface area contributed by atoms with Gasteiger partial charge in [-0.1, -0.05) is 24.3 Å². The molecule has 122 valence electrons. The maximum absolute atomic E-state index is 11.8. The second-order valence-corrected chi connectivity index (χ2v) is 5.03. The zero-order valence-electron chi connectivity index (χ0n) is 13.4. The minimum Gasteiger partial charge on any atom is -0.497 e. The summed E-state index contributed by atoms with van der Waals surface area (Å²) in [6.07, 6.45) is 0.329. The molecule has 0 fully saturated rings. The number of hydrogen-bond acceptors (Lipinski definition) is 4. The van der Waals surface area contributed by atoms with E-state index in [4.69, 9.17) is 14.2 Å². The number of hydrogen-bond donors (Lipinski definition) is 1. The summed E-state index contributed by atoms with van der Waals surface area (Å²) < 4.78 is 15.8. The van der Waals surface area contributed by atoms with Gasteiger partial charge in [0, 0.05) is 5.56 Å². The number of carboxylic acids is 1. The third-order valence-corrected chi connectivity index (χ3v) is 3.68. The van der Waals surface area contributed by atoms with Gasteiger partial charge in [-0.15, -0.1) is 0 Å². The van der Waals surface area contributed by atoms with Gasteiger partial charge in [-0.2, -0.15) is 0 Å². The Labute approximate surface area is 135 Å². The van der Waals surface area contributed by atoms with Gasteiger partial charge in [-0.3, -0.25) is 4.79 Å². The quantitative estimate of drug-likeness (QED) is 0.850. The van der Waals surface area contributed by atoms with Gasteiger partial charge in [0.1, 0.15) is 5.75 Å². The maximum Gasteiger partial charge on any atom is 0.311 e. The van der Waals surface area contributed by atoms with E-state index in [0.717, 1.165) is 5.56 Å². The Morgan fingerprint density at radius 3 is 2.39 bits per heavy atom. The third kappa shape index (κ3) is 3.74. The lowest BCUT2D eigenvalue weighted by atomic mass is 9.91. The smallest absolute Gasteiger partial charge is 0.311 e. The summed E-state index contributed by atoms with van der Waals surface area (Å²) >= 11 is 0. The number of ether oxygens (including phenoxy) is 3. The fourth-order valence-electron chi connectivity index (χ4n) is 2.55. The molecule has 2 aromatic rings. The van der Waals surface area contributed by atoms with Crippen LogP contribution >= 0.6 is 0 Å². The van der Waals surface area contributed by atoms with Crippen molar-refractivity contribution in [2.75, 3.05) is 21.3 Å². The van der Waals surface area contributed by atoms with Crippen molar-refractivity contribution in [3.63, 3.8) is 0 Å². The number of methoxy groups -OCH3 is 3. The molecule has 23 heavy (non-hydrogen) atoms. The molecule has 0 radical (unpaired) electrons. The van der Waals surface area contributed by atoms with Gasteiger partial charge in [-0.25, -0.2) is 0 Å². The first-order valence-electron chi connectivity index (χ1n) is 7.17. The predicted octanol–water partition coefficient (Wildman–Crippen LogP) is 3.12. The van der Waals surface area contributed by atoms with E-state index in [1.807, 2.05) is 24.3 Å². The molecule has 0 bridgehead atoms. The van der Waals surface area contributed by atoms with Crippen molar-refractivity contribution < 1.29 is 24.1 Å². The summed E-state index contributed by atoms with van der Waals surface area (Å²) in [6, 6.07) is 12.6. The zero-order chi connectivity index (χ0) is 16.8. The Morgan fingerprint density at radius 2 is 1.78 bits per heavy atom. The minimum absolute atomic E-state index is 0.329. The highest BCUT2D eigenvalue weighted by atomic mass is 16.5. The van der Waals surface area contributed by atoms with Crippen LogP contribution in [0.1, 0.15) is 17.0 Å². The van der Waals surface area contributed by atoms with E-state index in [-0.39, 0.29) is 0 Å². The third-order valence-electron chi connectivity index (χ3n) is 3.68. The standard InChI is InChI=1S/C18H20O5/c1-21-13-7-4-6-12(10-13)11-15(18(19)20)14-8-5-9-16(22-2)17(14)23-3/h4-10,15H,11H2,1-3H3,(H,19,20)/t15-/m1/s1. The van der Waals surface area contributed by atoms with Crippen LogP contribution in [-0.4, -0.2) is 32.4 Å². The molecule has 0 aliphatic heterocycles. The van der Waals surface area contributed by atoms with Crippen molar-refractivity contribution in [1.29, 1.82) is 0 Å². The second kappa shape index (κ2) is 7.54. The summed E-state index contributed by atoms with van der Waals surface area (Å²) in [5.74, 6) is 0.00274. The minimum atomic E-state index is -0.917. The maximum atomic E-state index is 11.8. The number of para-hydroxylation sites is 1. The molecule has 2 aromatic carbocycles. The molecule has 2 rings (SSSR count). The Balaban J connectivity index is 2.41.